The van der Waals surface area contributed by atoms with Gasteiger partial charge in [0.05, 0.1) is 17.3 Å². The van der Waals surface area contributed by atoms with Crippen molar-refractivity contribution in [3.63, 3.8) is 0 Å². The first-order chi connectivity index (χ1) is 15.9. The normalized spacial score (nSPS) is 12.1. The predicted octanol–water partition coefficient (Wildman–Crippen LogP) is 6.51. The van der Waals surface area contributed by atoms with Crippen molar-refractivity contribution in [3.8, 4) is 22.4 Å². The molecule has 4 aromatic rings. The molecule has 3 aromatic carbocycles. The topological polar surface area (TPSA) is 50.2 Å². The van der Waals surface area contributed by atoms with Gasteiger partial charge in [-0.05, 0) is 78.6 Å². The van der Waals surface area contributed by atoms with Crippen LogP contribution in [0.15, 0.2) is 72.8 Å². The minimum atomic E-state index is -0.446. The molecule has 33 heavy (non-hydrogen) atoms. The zero-order chi connectivity index (χ0) is 23.4. The molecule has 1 aromatic heterocycles. The number of halogens is 2. The molecule has 0 saturated carbocycles. The second-order valence-electron chi connectivity index (χ2n) is 8.24. The van der Waals surface area contributed by atoms with Crippen LogP contribution in [0, 0.1) is 11.6 Å². The van der Waals surface area contributed by atoms with Gasteiger partial charge in [-0.3, -0.25) is 4.79 Å². The molecule has 0 aliphatic rings. The average molecular weight is 446 g/mol. The summed E-state index contributed by atoms with van der Waals surface area (Å²) >= 11 is 0. The van der Waals surface area contributed by atoms with Gasteiger partial charge in [0, 0.05) is 29.4 Å². The van der Waals surface area contributed by atoms with E-state index in [-0.39, 0.29) is 23.8 Å². The van der Waals surface area contributed by atoms with Crippen LogP contribution >= 0.6 is 0 Å². The summed E-state index contributed by atoms with van der Waals surface area (Å²) in [6.45, 7) is 1.89. The first-order valence-electron chi connectivity index (χ1n) is 11.1. The average Bonchev–Trinajstić information content (AvgIpc) is 2.82. The third-order valence-electron chi connectivity index (χ3n) is 5.78. The van der Waals surface area contributed by atoms with Gasteiger partial charge in [0.1, 0.15) is 17.4 Å². The number of aliphatic hydroxyl groups excluding tert-OH is 1. The smallest absolute Gasteiger partial charge is 0.137 e. The molecule has 5 heteroatoms. The summed E-state index contributed by atoms with van der Waals surface area (Å²) in [5.74, 6) is -0.579. The Morgan fingerprint density at radius 1 is 0.909 bits per heavy atom. The van der Waals surface area contributed by atoms with E-state index >= 15 is 0 Å². The number of Topliss-reactive ketones (excluding diaryl/α,β-unsaturated/α-hetero) is 1. The van der Waals surface area contributed by atoms with Crippen molar-refractivity contribution in [1.82, 2.24) is 4.98 Å². The number of aliphatic hydroxyl groups is 1. The summed E-state index contributed by atoms with van der Waals surface area (Å²) < 4.78 is 27.0. The first kappa shape index (κ1) is 22.7. The highest BCUT2D eigenvalue weighted by atomic mass is 19.1. The van der Waals surface area contributed by atoms with Crippen molar-refractivity contribution in [1.29, 1.82) is 0 Å². The highest BCUT2D eigenvalue weighted by Crippen LogP contribution is 2.34. The lowest BCUT2D eigenvalue weighted by molar-refractivity contribution is -0.119. The maximum atomic E-state index is 13.5. The quantitative estimate of drug-likeness (QED) is 0.336. The third-order valence-corrected chi connectivity index (χ3v) is 5.78. The van der Waals surface area contributed by atoms with Gasteiger partial charge >= 0.3 is 0 Å². The van der Waals surface area contributed by atoms with E-state index in [0.29, 0.717) is 25.0 Å². The van der Waals surface area contributed by atoms with Gasteiger partial charge in [-0.2, -0.15) is 0 Å². The van der Waals surface area contributed by atoms with E-state index in [4.69, 9.17) is 4.98 Å². The van der Waals surface area contributed by atoms with Crippen LogP contribution in [0.5, 0.6) is 0 Å². The van der Waals surface area contributed by atoms with E-state index in [1.165, 1.54) is 24.3 Å². The molecule has 1 atom stereocenters. The minimum absolute atomic E-state index is 0.0801. The van der Waals surface area contributed by atoms with Crippen LogP contribution in [0.2, 0.25) is 0 Å². The Balaban J connectivity index is 1.73. The Labute approximate surface area is 191 Å². The summed E-state index contributed by atoms with van der Waals surface area (Å²) in [4.78, 5) is 17.2. The molecule has 0 aliphatic carbocycles. The van der Waals surface area contributed by atoms with Gasteiger partial charge in [-0.25, -0.2) is 13.8 Å². The van der Waals surface area contributed by atoms with Crippen LogP contribution in [-0.2, 0) is 11.2 Å². The lowest BCUT2D eigenvalue weighted by Gasteiger charge is -2.13. The van der Waals surface area contributed by atoms with E-state index < -0.39 is 6.10 Å². The van der Waals surface area contributed by atoms with E-state index in [9.17, 15) is 18.7 Å². The van der Waals surface area contributed by atoms with Gasteiger partial charge < -0.3 is 5.11 Å². The Kier molecular flexibility index (Phi) is 6.90. The van der Waals surface area contributed by atoms with E-state index in [0.717, 1.165) is 33.2 Å². The van der Waals surface area contributed by atoms with Crippen LogP contribution in [0.3, 0.4) is 0 Å². The molecule has 4 rings (SSSR count). The maximum Gasteiger partial charge on any atom is 0.137 e. The van der Waals surface area contributed by atoms with Crippen molar-refractivity contribution in [2.45, 2.75) is 38.7 Å². The van der Waals surface area contributed by atoms with Gasteiger partial charge in [0.15, 0.2) is 0 Å². The number of hydrogen-bond donors (Lipinski definition) is 1. The summed E-state index contributed by atoms with van der Waals surface area (Å²) in [5, 5.41) is 10.6. The molecule has 0 amide bonds. The molecule has 0 fully saturated rings. The fourth-order valence-electron chi connectivity index (χ4n) is 3.86. The number of hydrogen-bond acceptors (Lipinski definition) is 3. The molecule has 1 unspecified atom stereocenters. The van der Waals surface area contributed by atoms with Crippen molar-refractivity contribution >= 4 is 16.7 Å². The van der Waals surface area contributed by atoms with Crippen molar-refractivity contribution < 1.29 is 18.7 Å². The molecular weight excluding hydrogens is 420 g/mol. The Morgan fingerprint density at radius 2 is 1.55 bits per heavy atom. The molecule has 0 spiro atoms. The summed E-state index contributed by atoms with van der Waals surface area (Å²) in [7, 11) is 0. The van der Waals surface area contributed by atoms with E-state index in [1.54, 1.807) is 24.3 Å². The molecule has 168 valence electrons. The number of pyridine rings is 1. The number of rotatable bonds is 8. The molecule has 0 saturated heterocycles. The number of carbonyl (C=O) groups excluding carboxylic acids is 1. The summed E-state index contributed by atoms with van der Waals surface area (Å²) in [6, 6.07) is 20.0. The number of benzene rings is 3. The monoisotopic (exact) mass is 445 g/mol. The second-order valence-corrected chi connectivity index (χ2v) is 8.24. The number of aromatic nitrogens is 1. The number of ketones is 1. The van der Waals surface area contributed by atoms with Crippen molar-refractivity contribution in [3.05, 3.63) is 90.0 Å². The fraction of sp³-hybridized carbons (Fsp3) is 0.214. The van der Waals surface area contributed by atoms with Crippen LogP contribution in [0.4, 0.5) is 8.78 Å². The molecule has 3 nitrogen and oxygen atoms in total. The van der Waals surface area contributed by atoms with Crippen LogP contribution in [0.25, 0.3) is 33.3 Å². The lowest BCUT2D eigenvalue weighted by Crippen LogP contribution is -2.10. The van der Waals surface area contributed by atoms with E-state index in [2.05, 4.69) is 0 Å². The SMILES string of the molecule is CCC(O)CCC(=O)Cc1ccc2nc(-c3ccc(F)cc3)c(-c3ccc(F)cc3)cc2c1. The Morgan fingerprint density at radius 3 is 2.18 bits per heavy atom. The maximum absolute atomic E-state index is 13.5. The summed E-state index contributed by atoms with van der Waals surface area (Å²) in [5.41, 5.74) is 4.64. The summed E-state index contributed by atoms with van der Waals surface area (Å²) in [6.07, 6.45) is 1.29. The molecule has 1 N–H and O–H groups in total. The number of nitrogens with zero attached hydrogens (tertiary/aromatic N) is 1. The number of fused-ring (bicyclic) bond motifs is 1. The van der Waals surface area contributed by atoms with Gasteiger partial charge in [-0.1, -0.05) is 25.1 Å². The first-order valence-corrected chi connectivity index (χ1v) is 11.1. The van der Waals surface area contributed by atoms with Crippen molar-refractivity contribution in [2.75, 3.05) is 0 Å². The Hall–Kier alpha value is -3.44. The van der Waals surface area contributed by atoms with Crippen molar-refractivity contribution in [2.24, 2.45) is 0 Å². The van der Waals surface area contributed by atoms with Crippen LogP contribution < -0.4 is 0 Å². The molecule has 0 radical (unpaired) electrons. The molecule has 1 heterocycles. The fourth-order valence-corrected chi connectivity index (χ4v) is 3.86. The molecule has 0 bridgehead atoms. The zero-order valence-corrected chi connectivity index (χ0v) is 18.4. The molecule has 0 aliphatic heterocycles. The van der Waals surface area contributed by atoms with Crippen LogP contribution in [0.1, 0.15) is 31.7 Å². The van der Waals surface area contributed by atoms with E-state index in [1.807, 2.05) is 31.2 Å². The highest BCUT2D eigenvalue weighted by molar-refractivity contribution is 5.92. The Bertz CT molecular complexity index is 1270. The predicted molar refractivity (Wildman–Crippen MR) is 127 cm³/mol. The zero-order valence-electron chi connectivity index (χ0n) is 18.4. The van der Waals surface area contributed by atoms with Crippen LogP contribution in [-0.4, -0.2) is 22.0 Å². The third kappa shape index (κ3) is 5.49. The second kappa shape index (κ2) is 10.0. The standard InChI is InChI=1S/C28H25F2NO2/c1-2-24(32)12-13-25(33)16-18-3-14-27-21(15-18)17-26(19-4-8-22(29)9-5-19)28(31-27)20-6-10-23(30)11-7-20/h3-11,14-15,17,24,32H,2,12-13,16H2,1H3. The van der Waals surface area contributed by atoms with Gasteiger partial charge in [-0.15, -0.1) is 0 Å². The minimum Gasteiger partial charge on any atom is -0.393 e. The van der Waals surface area contributed by atoms with Gasteiger partial charge in [0.2, 0.25) is 0 Å². The van der Waals surface area contributed by atoms with Gasteiger partial charge in [0.25, 0.3) is 0 Å². The highest BCUT2D eigenvalue weighted by Gasteiger charge is 2.14. The molecular formula is C28H25F2NO2. The lowest BCUT2D eigenvalue weighted by atomic mass is 9.96. The largest absolute Gasteiger partial charge is 0.393 e. The number of carbonyl (C=O) groups is 1.